The second-order valence-corrected chi connectivity index (χ2v) is 5.28. The number of nitrogens with one attached hydrogen (secondary N) is 1. The number of hydrogen-bond acceptors (Lipinski definition) is 4. The molecule has 1 aromatic rings. The minimum Gasteiger partial charge on any atom is -0.320 e. The summed E-state index contributed by atoms with van der Waals surface area (Å²) in [4.78, 5) is 11.3. The van der Waals surface area contributed by atoms with Crippen molar-refractivity contribution in [1.82, 2.24) is 4.72 Å². The molecule has 0 aliphatic rings. The maximum absolute atomic E-state index is 11.3. The van der Waals surface area contributed by atoms with Crippen LogP contribution in [0.1, 0.15) is 5.56 Å². The molecule has 0 saturated heterocycles. The Morgan fingerprint density at radius 2 is 1.88 bits per heavy atom. The van der Waals surface area contributed by atoms with E-state index in [-0.39, 0.29) is 12.4 Å². The van der Waals surface area contributed by atoms with Crippen LogP contribution in [0.25, 0.3) is 0 Å². The zero-order chi connectivity index (χ0) is 12.2. The molecule has 0 saturated carbocycles. The van der Waals surface area contributed by atoms with E-state index >= 15 is 0 Å². The molecule has 1 aromatic carbocycles. The van der Waals surface area contributed by atoms with Gasteiger partial charge in [0.15, 0.2) is 0 Å². The summed E-state index contributed by atoms with van der Waals surface area (Å²) in [5.74, 6) is -0.689. The Kier molecular flexibility index (Phi) is 6.15. The number of hydrogen-bond donors (Lipinski definition) is 2. The normalized spacial score (nSPS) is 12.4. The van der Waals surface area contributed by atoms with E-state index in [1.54, 1.807) is 0 Å². The molecule has 96 valence electrons. The molecule has 0 heterocycles. The monoisotopic (exact) mass is 278 g/mol. The third kappa shape index (κ3) is 6.25. The standard InChI is InChI=1S/C10H14N2O3S.ClH/c1-16(14,15)12-10(13)9(11)7-8-5-3-2-4-6-8;/h2-6,9H,7,11H2,1H3,(H,12,13);1H. The predicted molar refractivity (Wildman–Crippen MR) is 68.4 cm³/mol. The molecule has 1 unspecified atom stereocenters. The molecule has 1 rings (SSSR count). The largest absolute Gasteiger partial charge is 0.320 e. The molecule has 17 heavy (non-hydrogen) atoms. The number of sulfonamides is 1. The molecular formula is C10H15ClN2O3S. The first-order valence-corrected chi connectivity index (χ1v) is 6.59. The maximum atomic E-state index is 11.3. The SMILES string of the molecule is CS(=O)(=O)NC(=O)C(N)Cc1ccccc1.Cl. The van der Waals surface area contributed by atoms with Gasteiger partial charge in [-0.2, -0.15) is 0 Å². The fourth-order valence-corrected chi connectivity index (χ4v) is 1.74. The number of benzene rings is 1. The van der Waals surface area contributed by atoms with Gasteiger partial charge in [0.05, 0.1) is 12.3 Å². The average Bonchev–Trinajstić information content (AvgIpc) is 2.16. The Morgan fingerprint density at radius 1 is 1.35 bits per heavy atom. The Bertz CT molecular complexity index is 462. The van der Waals surface area contributed by atoms with Crippen LogP contribution in [0.5, 0.6) is 0 Å². The van der Waals surface area contributed by atoms with Crippen LogP contribution in [0.2, 0.25) is 0 Å². The Labute approximate surface area is 107 Å². The number of halogens is 1. The van der Waals surface area contributed by atoms with Crippen molar-refractivity contribution >= 4 is 28.3 Å². The summed E-state index contributed by atoms with van der Waals surface area (Å²) < 4.78 is 23.5. The molecule has 0 spiro atoms. The van der Waals surface area contributed by atoms with Crippen molar-refractivity contribution in [2.75, 3.05) is 6.26 Å². The van der Waals surface area contributed by atoms with Gasteiger partial charge in [0.25, 0.3) is 5.91 Å². The maximum Gasteiger partial charge on any atom is 0.250 e. The van der Waals surface area contributed by atoms with Gasteiger partial charge in [-0.1, -0.05) is 30.3 Å². The highest BCUT2D eigenvalue weighted by atomic mass is 35.5. The van der Waals surface area contributed by atoms with E-state index < -0.39 is 22.0 Å². The first-order valence-electron chi connectivity index (χ1n) is 4.69. The van der Waals surface area contributed by atoms with Crippen LogP contribution >= 0.6 is 12.4 Å². The zero-order valence-corrected chi connectivity index (χ0v) is 10.9. The van der Waals surface area contributed by atoms with Gasteiger partial charge in [-0.05, 0) is 12.0 Å². The third-order valence-corrected chi connectivity index (χ3v) is 2.49. The van der Waals surface area contributed by atoms with Crippen molar-refractivity contribution in [1.29, 1.82) is 0 Å². The van der Waals surface area contributed by atoms with Crippen LogP contribution in [-0.4, -0.2) is 26.6 Å². The highest BCUT2D eigenvalue weighted by Gasteiger charge is 2.17. The Balaban J connectivity index is 0.00000256. The van der Waals surface area contributed by atoms with Gasteiger partial charge in [-0.25, -0.2) is 8.42 Å². The van der Waals surface area contributed by atoms with Gasteiger partial charge in [-0.3, -0.25) is 9.52 Å². The lowest BCUT2D eigenvalue weighted by atomic mass is 10.1. The van der Waals surface area contributed by atoms with Crippen molar-refractivity contribution in [3.05, 3.63) is 35.9 Å². The van der Waals surface area contributed by atoms with Crippen LogP contribution < -0.4 is 10.5 Å². The van der Waals surface area contributed by atoms with Crippen LogP contribution in [0.3, 0.4) is 0 Å². The number of rotatable bonds is 4. The molecule has 1 atom stereocenters. The zero-order valence-electron chi connectivity index (χ0n) is 9.29. The highest BCUT2D eigenvalue weighted by molar-refractivity contribution is 7.89. The van der Waals surface area contributed by atoms with E-state index in [0.717, 1.165) is 11.8 Å². The third-order valence-electron chi connectivity index (χ3n) is 1.92. The van der Waals surface area contributed by atoms with Gasteiger partial charge in [0, 0.05) is 0 Å². The lowest BCUT2D eigenvalue weighted by molar-refractivity contribution is -0.120. The Hall–Kier alpha value is -1.11. The van der Waals surface area contributed by atoms with E-state index in [2.05, 4.69) is 0 Å². The average molecular weight is 279 g/mol. The second-order valence-electron chi connectivity index (χ2n) is 3.53. The molecule has 0 aliphatic heterocycles. The van der Waals surface area contributed by atoms with Gasteiger partial charge in [-0.15, -0.1) is 12.4 Å². The predicted octanol–water partition coefficient (Wildman–Crippen LogP) is 0.0540. The minimum atomic E-state index is -3.54. The summed E-state index contributed by atoms with van der Waals surface area (Å²) >= 11 is 0. The van der Waals surface area contributed by atoms with Crippen molar-refractivity contribution < 1.29 is 13.2 Å². The van der Waals surface area contributed by atoms with E-state index in [1.807, 2.05) is 35.1 Å². The first-order chi connectivity index (χ1) is 7.38. The topological polar surface area (TPSA) is 89.3 Å². The molecule has 5 nitrogen and oxygen atoms in total. The fourth-order valence-electron chi connectivity index (χ4n) is 1.22. The minimum absolute atomic E-state index is 0. The van der Waals surface area contributed by atoms with Crippen molar-refractivity contribution in [2.24, 2.45) is 5.73 Å². The summed E-state index contributed by atoms with van der Waals surface area (Å²) in [6.07, 6.45) is 1.22. The number of nitrogens with two attached hydrogens (primary N) is 1. The van der Waals surface area contributed by atoms with E-state index in [9.17, 15) is 13.2 Å². The van der Waals surface area contributed by atoms with Crippen LogP contribution in [0, 0.1) is 0 Å². The number of amides is 1. The van der Waals surface area contributed by atoms with Crippen molar-refractivity contribution in [3.63, 3.8) is 0 Å². The molecule has 1 amide bonds. The van der Waals surface area contributed by atoms with Gasteiger partial charge in [0.2, 0.25) is 10.0 Å². The second kappa shape index (κ2) is 6.58. The van der Waals surface area contributed by atoms with E-state index in [0.29, 0.717) is 6.42 Å². The smallest absolute Gasteiger partial charge is 0.250 e. The van der Waals surface area contributed by atoms with Gasteiger partial charge < -0.3 is 5.73 Å². The van der Waals surface area contributed by atoms with E-state index in [1.165, 1.54) is 0 Å². The molecule has 0 radical (unpaired) electrons. The number of carbonyl (C=O) groups is 1. The Morgan fingerprint density at radius 3 is 2.35 bits per heavy atom. The van der Waals surface area contributed by atoms with Crippen LogP contribution in [0.15, 0.2) is 30.3 Å². The van der Waals surface area contributed by atoms with Crippen LogP contribution in [0.4, 0.5) is 0 Å². The number of carbonyl (C=O) groups excluding carboxylic acids is 1. The van der Waals surface area contributed by atoms with Gasteiger partial charge >= 0.3 is 0 Å². The fraction of sp³-hybridized carbons (Fsp3) is 0.300. The molecule has 0 aliphatic carbocycles. The molecule has 7 heteroatoms. The van der Waals surface area contributed by atoms with Crippen molar-refractivity contribution in [2.45, 2.75) is 12.5 Å². The van der Waals surface area contributed by atoms with Gasteiger partial charge in [0.1, 0.15) is 0 Å². The lowest BCUT2D eigenvalue weighted by Crippen LogP contribution is -2.44. The quantitative estimate of drug-likeness (QED) is 0.815. The molecule has 0 bridgehead atoms. The summed E-state index contributed by atoms with van der Waals surface area (Å²) in [5, 5.41) is 0. The molecule has 0 fully saturated rings. The summed E-state index contributed by atoms with van der Waals surface area (Å²) in [5.41, 5.74) is 6.47. The molecular weight excluding hydrogens is 264 g/mol. The van der Waals surface area contributed by atoms with Crippen molar-refractivity contribution in [3.8, 4) is 0 Å². The van der Waals surface area contributed by atoms with Crippen LogP contribution in [-0.2, 0) is 21.2 Å². The summed E-state index contributed by atoms with van der Waals surface area (Å²) in [6, 6.07) is 8.30. The lowest BCUT2D eigenvalue weighted by Gasteiger charge is -2.10. The highest BCUT2D eigenvalue weighted by Crippen LogP contribution is 2.01. The van der Waals surface area contributed by atoms with E-state index in [4.69, 9.17) is 5.73 Å². The first kappa shape index (κ1) is 15.9. The molecule has 0 aromatic heterocycles. The summed E-state index contributed by atoms with van der Waals surface area (Å²) in [7, 11) is -3.54. The molecule has 3 N–H and O–H groups in total. The summed E-state index contributed by atoms with van der Waals surface area (Å²) in [6.45, 7) is 0.